The van der Waals surface area contributed by atoms with Crippen LogP contribution in [0.4, 0.5) is 17.1 Å². The van der Waals surface area contributed by atoms with Crippen molar-refractivity contribution in [3.05, 3.63) is 218 Å². The van der Waals surface area contributed by atoms with E-state index in [0.29, 0.717) is 0 Å². The van der Waals surface area contributed by atoms with Crippen molar-refractivity contribution >= 4 is 60.8 Å². The highest BCUT2D eigenvalue weighted by Crippen LogP contribution is 2.49. The van der Waals surface area contributed by atoms with Gasteiger partial charge in [0.1, 0.15) is 5.58 Å². The zero-order valence-corrected chi connectivity index (χ0v) is 31.1. The molecule has 0 atom stereocenters. The molecule has 9 aromatic carbocycles. The van der Waals surface area contributed by atoms with E-state index in [4.69, 9.17) is 4.42 Å². The maximum atomic E-state index is 7.02. The van der Waals surface area contributed by atoms with Crippen molar-refractivity contribution in [3.8, 4) is 39.1 Å². The standard InChI is InChI=1S/C54H36N2O/c1-4-14-37(15-5-1)40-24-30-43(31-25-40)55(44-32-26-41(27-33-44)38-16-6-2-7-17-38)50-36-48-46-20-10-12-22-49(46)56(45-34-28-42(29-35-45)39-18-8-3-9-19-39)53(48)54-52(50)47-21-11-13-23-51(47)57-54/h1-36H. The summed E-state index contributed by atoms with van der Waals surface area (Å²) in [6.45, 7) is 0. The summed E-state index contributed by atoms with van der Waals surface area (Å²) in [4.78, 5) is 2.40. The number of nitrogens with zero attached hydrogens (tertiary/aromatic N) is 2. The van der Waals surface area contributed by atoms with Crippen LogP contribution in [0.1, 0.15) is 0 Å². The second kappa shape index (κ2) is 13.6. The van der Waals surface area contributed by atoms with Crippen molar-refractivity contribution in [1.82, 2.24) is 4.57 Å². The number of aromatic nitrogens is 1. The predicted octanol–water partition coefficient (Wildman–Crippen LogP) is 15.2. The third-order valence-electron chi connectivity index (χ3n) is 11.2. The van der Waals surface area contributed by atoms with Gasteiger partial charge in [-0.25, -0.2) is 0 Å². The number of fused-ring (bicyclic) bond motifs is 7. The van der Waals surface area contributed by atoms with Crippen LogP contribution in [-0.4, -0.2) is 4.57 Å². The van der Waals surface area contributed by atoms with Crippen LogP contribution in [0, 0.1) is 0 Å². The number of anilines is 3. The van der Waals surface area contributed by atoms with Gasteiger partial charge in [-0.2, -0.15) is 0 Å². The van der Waals surface area contributed by atoms with Crippen molar-refractivity contribution in [1.29, 1.82) is 0 Å². The average Bonchev–Trinajstić information content (AvgIpc) is 3.85. The molecule has 57 heavy (non-hydrogen) atoms. The molecule has 0 bridgehead atoms. The molecule has 3 nitrogen and oxygen atoms in total. The van der Waals surface area contributed by atoms with Crippen LogP contribution in [0.15, 0.2) is 223 Å². The Hall–Kier alpha value is -7.62. The monoisotopic (exact) mass is 728 g/mol. The first-order chi connectivity index (χ1) is 28.3. The molecule has 11 rings (SSSR count). The van der Waals surface area contributed by atoms with E-state index in [1.165, 1.54) is 38.8 Å². The lowest BCUT2D eigenvalue weighted by molar-refractivity contribution is 0.671. The minimum atomic E-state index is 0.858. The SMILES string of the molecule is c1ccc(-c2ccc(N(c3ccc(-c4ccccc4)cc3)c3cc4c5ccccc5n(-c5ccc(-c6ccccc6)cc5)c4c4oc5ccccc5c34)cc2)cc1. The summed E-state index contributed by atoms with van der Waals surface area (Å²) < 4.78 is 9.40. The van der Waals surface area contributed by atoms with Crippen LogP contribution in [0.3, 0.4) is 0 Å². The first kappa shape index (κ1) is 32.8. The lowest BCUT2D eigenvalue weighted by atomic mass is 10.0. The smallest absolute Gasteiger partial charge is 0.162 e. The third-order valence-corrected chi connectivity index (χ3v) is 11.2. The van der Waals surface area contributed by atoms with E-state index in [2.05, 4.69) is 228 Å². The van der Waals surface area contributed by atoms with Crippen molar-refractivity contribution in [3.63, 3.8) is 0 Å². The fourth-order valence-electron chi connectivity index (χ4n) is 8.48. The van der Waals surface area contributed by atoms with E-state index < -0.39 is 0 Å². The normalized spacial score (nSPS) is 11.5. The van der Waals surface area contributed by atoms with Crippen LogP contribution in [-0.2, 0) is 0 Å². The van der Waals surface area contributed by atoms with Gasteiger partial charge < -0.3 is 13.9 Å². The molecule has 3 heteroatoms. The lowest BCUT2D eigenvalue weighted by Gasteiger charge is -2.27. The molecule has 0 aliphatic heterocycles. The molecule has 0 radical (unpaired) electrons. The van der Waals surface area contributed by atoms with E-state index in [9.17, 15) is 0 Å². The van der Waals surface area contributed by atoms with E-state index >= 15 is 0 Å². The number of benzene rings is 9. The fraction of sp³-hybridized carbons (Fsp3) is 0. The number of rotatable bonds is 7. The number of furan rings is 1. The van der Waals surface area contributed by atoms with E-state index in [-0.39, 0.29) is 0 Å². The Morgan fingerprint density at radius 2 is 0.807 bits per heavy atom. The van der Waals surface area contributed by atoms with Gasteiger partial charge >= 0.3 is 0 Å². The van der Waals surface area contributed by atoms with Gasteiger partial charge in [-0.15, -0.1) is 0 Å². The van der Waals surface area contributed by atoms with Gasteiger partial charge in [-0.1, -0.05) is 164 Å². The molecule has 2 aromatic heterocycles. The van der Waals surface area contributed by atoms with Gasteiger partial charge in [0.2, 0.25) is 0 Å². The highest BCUT2D eigenvalue weighted by Gasteiger charge is 2.26. The molecule has 0 aliphatic rings. The number of para-hydroxylation sites is 2. The maximum Gasteiger partial charge on any atom is 0.162 e. The second-order valence-electron chi connectivity index (χ2n) is 14.5. The molecule has 0 amide bonds. The molecule has 0 fully saturated rings. The summed E-state index contributed by atoms with van der Waals surface area (Å²) >= 11 is 0. The van der Waals surface area contributed by atoms with Crippen LogP contribution < -0.4 is 4.90 Å². The summed E-state index contributed by atoms with van der Waals surface area (Å²) in [6, 6.07) is 78.0. The molecule has 0 unspecified atom stereocenters. The molecular weight excluding hydrogens is 693 g/mol. The van der Waals surface area contributed by atoms with Crippen LogP contribution >= 0.6 is 0 Å². The van der Waals surface area contributed by atoms with Crippen LogP contribution in [0.5, 0.6) is 0 Å². The Kier molecular flexibility index (Phi) is 7.82. The Morgan fingerprint density at radius 3 is 1.35 bits per heavy atom. The minimum Gasteiger partial charge on any atom is -0.454 e. The Balaban J connectivity index is 1.18. The third kappa shape index (κ3) is 5.60. The molecule has 2 heterocycles. The van der Waals surface area contributed by atoms with Gasteiger partial charge in [0.15, 0.2) is 5.58 Å². The molecule has 0 saturated carbocycles. The largest absolute Gasteiger partial charge is 0.454 e. The second-order valence-corrected chi connectivity index (χ2v) is 14.5. The Bertz CT molecular complexity index is 3100. The zero-order valence-electron chi connectivity index (χ0n) is 31.1. The lowest BCUT2D eigenvalue weighted by Crippen LogP contribution is -2.10. The Labute approximate surface area is 330 Å². The van der Waals surface area contributed by atoms with Crippen molar-refractivity contribution < 1.29 is 4.42 Å². The summed E-state index contributed by atoms with van der Waals surface area (Å²) in [7, 11) is 0. The molecule has 11 aromatic rings. The van der Waals surface area contributed by atoms with Gasteiger partial charge in [-0.3, -0.25) is 0 Å². The topological polar surface area (TPSA) is 21.3 Å². The predicted molar refractivity (Wildman–Crippen MR) is 239 cm³/mol. The van der Waals surface area contributed by atoms with Crippen molar-refractivity contribution in [2.75, 3.05) is 4.90 Å². The molecule has 0 N–H and O–H groups in total. The fourth-order valence-corrected chi connectivity index (χ4v) is 8.48. The highest BCUT2D eigenvalue weighted by atomic mass is 16.3. The summed E-state index contributed by atoms with van der Waals surface area (Å²) in [5.74, 6) is 0. The van der Waals surface area contributed by atoms with Gasteiger partial charge in [0, 0.05) is 33.2 Å². The van der Waals surface area contributed by atoms with Crippen molar-refractivity contribution in [2.24, 2.45) is 0 Å². The maximum absolute atomic E-state index is 7.02. The van der Waals surface area contributed by atoms with E-state index in [1.807, 2.05) is 0 Å². The molecule has 268 valence electrons. The summed E-state index contributed by atoms with van der Waals surface area (Å²) in [5.41, 5.74) is 15.3. The van der Waals surface area contributed by atoms with Gasteiger partial charge in [0.05, 0.1) is 22.1 Å². The summed E-state index contributed by atoms with van der Waals surface area (Å²) in [6.07, 6.45) is 0. The average molecular weight is 729 g/mol. The highest BCUT2D eigenvalue weighted by molar-refractivity contribution is 6.26. The first-order valence-electron chi connectivity index (χ1n) is 19.4. The quantitative estimate of drug-likeness (QED) is 0.163. The molecular formula is C54H36N2O. The minimum absolute atomic E-state index is 0.858. The van der Waals surface area contributed by atoms with Crippen molar-refractivity contribution in [2.45, 2.75) is 0 Å². The van der Waals surface area contributed by atoms with Crippen LogP contribution in [0.2, 0.25) is 0 Å². The molecule has 0 saturated heterocycles. The van der Waals surface area contributed by atoms with E-state index in [0.717, 1.165) is 61.1 Å². The number of hydrogen-bond acceptors (Lipinski definition) is 2. The van der Waals surface area contributed by atoms with E-state index in [1.54, 1.807) is 0 Å². The molecule has 0 spiro atoms. The first-order valence-corrected chi connectivity index (χ1v) is 19.4. The number of hydrogen-bond donors (Lipinski definition) is 0. The van der Waals surface area contributed by atoms with Gasteiger partial charge in [0.25, 0.3) is 0 Å². The Morgan fingerprint density at radius 1 is 0.368 bits per heavy atom. The summed E-state index contributed by atoms with van der Waals surface area (Å²) in [5, 5.41) is 4.45. The van der Waals surface area contributed by atoms with Gasteiger partial charge in [-0.05, 0) is 88.0 Å². The zero-order chi connectivity index (χ0) is 37.7. The van der Waals surface area contributed by atoms with Crippen LogP contribution in [0.25, 0.3) is 82.8 Å². The molecule has 0 aliphatic carbocycles.